The van der Waals surface area contributed by atoms with Crippen LogP contribution in [0.15, 0.2) is 60.8 Å². The van der Waals surface area contributed by atoms with Gasteiger partial charge >= 0.3 is 0 Å². The van der Waals surface area contributed by atoms with Gasteiger partial charge in [-0.15, -0.1) is 0 Å². The zero-order valence-corrected chi connectivity index (χ0v) is 43.3. The minimum atomic E-state index is -1.98. The van der Waals surface area contributed by atoms with Gasteiger partial charge in [0.15, 0.2) is 18.9 Å². The van der Waals surface area contributed by atoms with Gasteiger partial charge in [0.1, 0.15) is 73.2 Å². The monoisotopic (exact) mass is 1040 g/mol. The van der Waals surface area contributed by atoms with Crippen molar-refractivity contribution in [3.8, 4) is 0 Å². The van der Waals surface area contributed by atoms with Gasteiger partial charge in [-0.05, 0) is 70.6 Å². The summed E-state index contributed by atoms with van der Waals surface area (Å²) in [6.45, 7) is 1.50. The second-order valence-corrected chi connectivity index (χ2v) is 19.3. The van der Waals surface area contributed by atoms with Gasteiger partial charge in [-0.1, -0.05) is 126 Å². The van der Waals surface area contributed by atoms with Crippen molar-refractivity contribution in [2.45, 2.75) is 247 Å². The van der Waals surface area contributed by atoms with E-state index < -0.39 is 124 Å². The molecule has 422 valence electrons. The molecular weight excluding hydrogens is 951 g/mol. The summed E-state index contributed by atoms with van der Waals surface area (Å²) in [5, 5.41) is 120. The van der Waals surface area contributed by atoms with Crippen LogP contribution in [0.25, 0.3) is 0 Å². The first-order valence-electron chi connectivity index (χ1n) is 27.0. The fourth-order valence-electron chi connectivity index (χ4n) is 8.79. The van der Waals surface area contributed by atoms with Crippen molar-refractivity contribution >= 4 is 5.91 Å². The van der Waals surface area contributed by atoms with Crippen LogP contribution in [0, 0.1) is 0 Å². The van der Waals surface area contributed by atoms with Gasteiger partial charge < -0.3 is 89.9 Å². The number of ether oxygens (including phenoxy) is 6. The molecule has 3 aliphatic heterocycles. The molecule has 3 rings (SSSR count). The molecule has 1 amide bonds. The number of carbonyl (C=O) groups excluding carboxylic acids is 1. The van der Waals surface area contributed by atoms with Crippen molar-refractivity contribution in [2.24, 2.45) is 0 Å². The summed E-state index contributed by atoms with van der Waals surface area (Å²) in [5.41, 5.74) is 0. The van der Waals surface area contributed by atoms with Crippen LogP contribution in [-0.4, -0.2) is 193 Å². The van der Waals surface area contributed by atoms with Gasteiger partial charge in [-0.2, -0.15) is 0 Å². The molecule has 19 heteroatoms. The van der Waals surface area contributed by atoms with Gasteiger partial charge in [0.05, 0.1) is 38.6 Å². The highest BCUT2D eigenvalue weighted by atomic mass is 16.8. The Morgan fingerprint density at radius 2 is 0.959 bits per heavy atom. The Morgan fingerprint density at radius 3 is 1.51 bits per heavy atom. The zero-order valence-electron chi connectivity index (χ0n) is 43.3. The molecule has 0 aromatic rings. The Balaban J connectivity index is 1.53. The number of aliphatic hydroxyl groups excluding tert-OH is 11. The van der Waals surface area contributed by atoms with Gasteiger partial charge in [0, 0.05) is 6.42 Å². The number of unbranched alkanes of at least 4 members (excludes halogenated alkanes) is 13. The zero-order chi connectivity index (χ0) is 53.4. The van der Waals surface area contributed by atoms with E-state index in [-0.39, 0.29) is 18.9 Å². The van der Waals surface area contributed by atoms with Crippen LogP contribution in [0.1, 0.15) is 142 Å². The van der Waals surface area contributed by atoms with Gasteiger partial charge in [-0.3, -0.25) is 4.79 Å². The third-order valence-corrected chi connectivity index (χ3v) is 13.3. The largest absolute Gasteiger partial charge is 0.394 e. The molecule has 3 heterocycles. The fraction of sp³-hybridized carbons (Fsp3) is 0.796. The highest BCUT2D eigenvalue weighted by Crippen LogP contribution is 2.33. The Hall–Kier alpha value is -2.51. The van der Waals surface area contributed by atoms with E-state index in [4.69, 9.17) is 28.4 Å². The van der Waals surface area contributed by atoms with Crippen LogP contribution in [0.2, 0.25) is 0 Å². The molecule has 73 heavy (non-hydrogen) atoms. The van der Waals surface area contributed by atoms with E-state index in [9.17, 15) is 61.0 Å². The van der Waals surface area contributed by atoms with E-state index in [1.165, 1.54) is 25.7 Å². The Bertz CT molecular complexity index is 1580. The number of nitrogens with one attached hydrogen (secondary N) is 1. The molecule has 0 aromatic carbocycles. The average Bonchev–Trinajstić information content (AvgIpc) is 3.39. The molecule has 12 N–H and O–H groups in total. The maximum Gasteiger partial charge on any atom is 0.220 e. The molecule has 17 atom stereocenters. The lowest BCUT2D eigenvalue weighted by Crippen LogP contribution is -2.66. The van der Waals surface area contributed by atoms with Crippen molar-refractivity contribution in [1.29, 1.82) is 0 Å². The number of hydrogen-bond acceptors (Lipinski definition) is 18. The van der Waals surface area contributed by atoms with Crippen LogP contribution in [0.4, 0.5) is 0 Å². The van der Waals surface area contributed by atoms with E-state index in [0.29, 0.717) is 12.8 Å². The number of allylic oxidation sites excluding steroid dienone is 9. The molecule has 3 aliphatic rings. The Kier molecular flexibility index (Phi) is 33.8. The molecule has 0 saturated carbocycles. The van der Waals surface area contributed by atoms with E-state index in [2.05, 4.69) is 67.8 Å². The lowest BCUT2D eigenvalue weighted by Gasteiger charge is -2.48. The third kappa shape index (κ3) is 23.3. The van der Waals surface area contributed by atoms with Crippen LogP contribution >= 0.6 is 0 Å². The summed E-state index contributed by atoms with van der Waals surface area (Å²) in [7, 11) is 0. The summed E-state index contributed by atoms with van der Waals surface area (Å²) in [5.74, 6) is -0.304. The maximum atomic E-state index is 13.2. The highest BCUT2D eigenvalue weighted by Gasteiger charge is 2.53. The number of aliphatic hydroxyl groups is 11. The lowest BCUT2D eigenvalue weighted by molar-refractivity contribution is -0.379. The first-order valence-corrected chi connectivity index (χ1v) is 27.0. The average molecular weight is 1040 g/mol. The second-order valence-electron chi connectivity index (χ2n) is 19.3. The van der Waals surface area contributed by atoms with Crippen molar-refractivity contribution < 1.29 is 89.4 Å². The van der Waals surface area contributed by atoms with Gasteiger partial charge in [0.25, 0.3) is 0 Å². The minimum Gasteiger partial charge on any atom is -0.394 e. The van der Waals surface area contributed by atoms with Gasteiger partial charge in [0.2, 0.25) is 5.91 Å². The lowest BCUT2D eigenvalue weighted by atomic mass is 9.96. The molecule has 0 aliphatic carbocycles. The predicted molar refractivity (Wildman–Crippen MR) is 272 cm³/mol. The second kappa shape index (κ2) is 38.1. The number of rotatable bonds is 37. The van der Waals surface area contributed by atoms with Crippen LogP contribution in [0.3, 0.4) is 0 Å². The Morgan fingerprint density at radius 1 is 0.507 bits per heavy atom. The smallest absolute Gasteiger partial charge is 0.220 e. The quantitative estimate of drug-likeness (QED) is 0.0315. The molecule has 0 radical (unpaired) electrons. The molecule has 0 spiro atoms. The van der Waals surface area contributed by atoms with Crippen molar-refractivity contribution in [3.63, 3.8) is 0 Å². The van der Waals surface area contributed by atoms with Crippen LogP contribution in [-0.2, 0) is 33.2 Å². The fourth-order valence-corrected chi connectivity index (χ4v) is 8.79. The van der Waals surface area contributed by atoms with E-state index in [0.717, 1.165) is 83.5 Å². The van der Waals surface area contributed by atoms with Crippen molar-refractivity contribution in [1.82, 2.24) is 5.32 Å². The predicted octanol–water partition coefficient (Wildman–Crippen LogP) is 2.92. The van der Waals surface area contributed by atoms with Crippen LogP contribution in [0.5, 0.6) is 0 Å². The van der Waals surface area contributed by atoms with Crippen molar-refractivity contribution in [2.75, 3.05) is 26.4 Å². The summed E-state index contributed by atoms with van der Waals surface area (Å²) in [6.07, 6.45) is 13.8. The number of hydrogen-bond donors (Lipinski definition) is 12. The summed E-state index contributed by atoms with van der Waals surface area (Å²) >= 11 is 0. The first-order chi connectivity index (χ1) is 35.3. The molecule has 3 fully saturated rings. The van der Waals surface area contributed by atoms with E-state index in [1.807, 2.05) is 0 Å². The van der Waals surface area contributed by atoms with Crippen molar-refractivity contribution in [3.05, 3.63) is 60.8 Å². The highest BCUT2D eigenvalue weighted by molar-refractivity contribution is 5.76. The molecule has 19 nitrogen and oxygen atoms in total. The van der Waals surface area contributed by atoms with E-state index >= 15 is 0 Å². The molecule has 17 unspecified atom stereocenters. The first kappa shape index (κ1) is 64.8. The molecular formula is C54H93NO18. The number of amides is 1. The van der Waals surface area contributed by atoms with Crippen LogP contribution < -0.4 is 5.32 Å². The molecule has 3 saturated heterocycles. The maximum absolute atomic E-state index is 13.2. The SMILES string of the molecule is CC/C=C/CC/C=C/CC/C=C/C(O)C(COC1OC(CO)C(OC2OC(CO)C(OC3OC(CO)C(O)C(O)C3O)C(O)C2O)C(O)C1O)NC(=O)CCCCCCCCC/C=C\C/C=C\CCCCCC. The Labute approximate surface area is 433 Å². The summed E-state index contributed by atoms with van der Waals surface area (Å²) in [4.78, 5) is 13.2. The number of carbonyl (C=O) groups is 1. The summed E-state index contributed by atoms with van der Waals surface area (Å²) < 4.78 is 34.1. The summed E-state index contributed by atoms with van der Waals surface area (Å²) in [6, 6.07) is -0.999. The third-order valence-electron chi connectivity index (χ3n) is 13.3. The van der Waals surface area contributed by atoms with E-state index in [1.54, 1.807) is 12.2 Å². The topological polar surface area (TPSA) is 307 Å². The molecule has 0 bridgehead atoms. The normalized spacial score (nSPS) is 32.2. The minimum absolute atomic E-state index is 0.220. The molecule has 0 aromatic heterocycles. The van der Waals surface area contributed by atoms with Gasteiger partial charge in [-0.25, -0.2) is 0 Å². The standard InChI is InChI=1S/C54H93NO18/c1-3-5-7-9-11-13-15-16-17-18-19-20-21-22-24-26-28-30-32-42(60)55-37(38(59)31-29-27-25-23-14-12-10-8-6-4-2)36-68-52-48(66)45(63)50(40(34-57)70-52)73-54-49(67)46(64)51(41(35-58)71-54)72-53-47(65)44(62)43(61)39(33-56)69-53/h6,8,13-15,17-18,23,29,31,37-41,43-54,56-59,61-67H,3-5,7,9-12,16,19-22,24-28,30,32-36H2,1-2H3,(H,55,60)/b8-6+,15-13-,18-17-,23-14+,31-29+.